The highest BCUT2D eigenvalue weighted by Crippen LogP contribution is 2.31. The lowest BCUT2D eigenvalue weighted by atomic mass is 10.1. The summed E-state index contributed by atoms with van der Waals surface area (Å²) in [7, 11) is 4.95. The van der Waals surface area contributed by atoms with Gasteiger partial charge in [0.05, 0.1) is 24.5 Å². The Bertz CT molecular complexity index is 1200. The Kier molecular flexibility index (Phi) is 6.00. The highest BCUT2D eigenvalue weighted by atomic mass is 32.1. The Morgan fingerprint density at radius 1 is 1.23 bits per heavy atom. The van der Waals surface area contributed by atoms with Crippen LogP contribution in [0.4, 0.5) is 0 Å². The molecule has 1 aliphatic heterocycles. The van der Waals surface area contributed by atoms with Crippen LogP contribution >= 0.6 is 11.3 Å². The van der Waals surface area contributed by atoms with Gasteiger partial charge >= 0.3 is 0 Å². The van der Waals surface area contributed by atoms with E-state index in [-0.39, 0.29) is 11.5 Å². The fourth-order valence-corrected chi connectivity index (χ4v) is 5.28. The van der Waals surface area contributed by atoms with Crippen molar-refractivity contribution in [1.82, 2.24) is 14.5 Å². The molecule has 0 radical (unpaired) electrons. The molecule has 3 aromatic rings. The predicted molar refractivity (Wildman–Crippen MR) is 122 cm³/mol. The van der Waals surface area contributed by atoms with E-state index in [1.54, 1.807) is 36.8 Å². The van der Waals surface area contributed by atoms with Crippen LogP contribution in [0.5, 0.6) is 11.5 Å². The summed E-state index contributed by atoms with van der Waals surface area (Å²) in [5.41, 5.74) is 1.58. The maximum atomic E-state index is 13.3. The zero-order valence-corrected chi connectivity index (χ0v) is 19.2. The number of benzene rings is 1. The van der Waals surface area contributed by atoms with Crippen molar-refractivity contribution in [2.45, 2.75) is 45.7 Å². The van der Waals surface area contributed by atoms with E-state index in [0.717, 1.165) is 42.6 Å². The molecule has 0 fully saturated rings. The van der Waals surface area contributed by atoms with Crippen LogP contribution in [-0.4, -0.2) is 41.6 Å². The smallest absolute Gasteiger partial charge is 0.264 e. The molecule has 0 aliphatic carbocycles. The molecule has 7 nitrogen and oxygen atoms in total. The van der Waals surface area contributed by atoms with Gasteiger partial charge < -0.3 is 14.4 Å². The van der Waals surface area contributed by atoms with Gasteiger partial charge in [-0.1, -0.05) is 6.42 Å². The Morgan fingerprint density at radius 2 is 2.03 bits per heavy atom. The molecule has 4 rings (SSSR count). The molecular formula is C23H27N3O4S. The Hall–Kier alpha value is -2.87. The number of amides is 1. The standard InChI is InChI=1S/C23H27N3O4S/c1-14-19-21(24-18-8-6-5-7-11-26(18)22(19)27)31-20(14)23(28)25(2)13-15-9-10-16(29-3)12-17(15)30-4/h9-10,12H,5-8,11,13H2,1-4H3. The van der Waals surface area contributed by atoms with E-state index in [0.29, 0.717) is 39.7 Å². The number of carbonyl (C=O) groups excluding carboxylic acids is 1. The van der Waals surface area contributed by atoms with Gasteiger partial charge in [-0.05, 0) is 37.5 Å². The number of nitrogens with zero attached hydrogens (tertiary/aromatic N) is 3. The molecule has 31 heavy (non-hydrogen) atoms. The van der Waals surface area contributed by atoms with E-state index >= 15 is 0 Å². The average molecular weight is 442 g/mol. The molecule has 0 N–H and O–H groups in total. The zero-order chi connectivity index (χ0) is 22.1. The second-order valence-corrected chi connectivity index (χ2v) is 8.87. The number of carbonyl (C=O) groups is 1. The highest BCUT2D eigenvalue weighted by Gasteiger charge is 2.24. The largest absolute Gasteiger partial charge is 0.497 e. The lowest BCUT2D eigenvalue weighted by Gasteiger charge is -2.19. The second-order valence-electron chi connectivity index (χ2n) is 7.87. The highest BCUT2D eigenvalue weighted by molar-refractivity contribution is 7.20. The lowest BCUT2D eigenvalue weighted by molar-refractivity contribution is 0.0788. The number of thiophene rings is 1. The summed E-state index contributed by atoms with van der Waals surface area (Å²) in [5, 5.41) is 0.578. The van der Waals surface area contributed by atoms with Crippen molar-refractivity contribution in [2.24, 2.45) is 0 Å². The van der Waals surface area contributed by atoms with Gasteiger partial charge in [-0.25, -0.2) is 4.98 Å². The monoisotopic (exact) mass is 441 g/mol. The van der Waals surface area contributed by atoms with E-state index in [2.05, 4.69) is 0 Å². The van der Waals surface area contributed by atoms with Crippen molar-refractivity contribution in [3.05, 3.63) is 50.4 Å². The van der Waals surface area contributed by atoms with Crippen molar-refractivity contribution < 1.29 is 14.3 Å². The zero-order valence-electron chi connectivity index (χ0n) is 18.4. The summed E-state index contributed by atoms with van der Waals surface area (Å²) >= 11 is 1.31. The number of rotatable bonds is 5. The normalized spacial score (nSPS) is 13.5. The summed E-state index contributed by atoms with van der Waals surface area (Å²) in [4.78, 5) is 34.1. The molecule has 1 aromatic carbocycles. The van der Waals surface area contributed by atoms with Crippen LogP contribution in [-0.2, 0) is 19.5 Å². The first kappa shape index (κ1) is 21.4. The summed E-state index contributed by atoms with van der Waals surface area (Å²) < 4.78 is 12.5. The molecule has 0 bridgehead atoms. The maximum Gasteiger partial charge on any atom is 0.264 e. The summed E-state index contributed by atoms with van der Waals surface area (Å²) in [6, 6.07) is 5.54. The fraction of sp³-hybridized carbons (Fsp3) is 0.435. The van der Waals surface area contributed by atoms with Crippen LogP contribution in [0.2, 0.25) is 0 Å². The summed E-state index contributed by atoms with van der Waals surface area (Å²) in [6.07, 6.45) is 3.95. The predicted octanol–water partition coefficient (Wildman–Crippen LogP) is 3.78. The third kappa shape index (κ3) is 3.92. The molecule has 0 unspecified atom stereocenters. The fourth-order valence-electron chi connectivity index (χ4n) is 4.10. The number of aryl methyl sites for hydroxylation is 2. The number of hydrogen-bond acceptors (Lipinski definition) is 6. The topological polar surface area (TPSA) is 73.7 Å². The number of aromatic nitrogens is 2. The van der Waals surface area contributed by atoms with Crippen LogP contribution in [0.3, 0.4) is 0 Å². The summed E-state index contributed by atoms with van der Waals surface area (Å²) in [6.45, 7) is 2.93. The quantitative estimate of drug-likeness (QED) is 0.602. The Labute approximate surface area is 185 Å². The SMILES string of the molecule is COc1ccc(CN(C)C(=O)c2sc3nc4n(c(=O)c3c2C)CCCCC4)c(OC)c1. The van der Waals surface area contributed by atoms with Crippen LogP contribution in [0.25, 0.3) is 10.2 Å². The maximum absolute atomic E-state index is 13.3. The van der Waals surface area contributed by atoms with Crippen molar-refractivity contribution in [3.8, 4) is 11.5 Å². The van der Waals surface area contributed by atoms with Crippen LogP contribution < -0.4 is 15.0 Å². The second kappa shape index (κ2) is 8.70. The minimum atomic E-state index is -0.127. The first-order valence-corrected chi connectivity index (χ1v) is 11.3. The molecule has 3 heterocycles. The molecular weight excluding hydrogens is 414 g/mol. The lowest BCUT2D eigenvalue weighted by Crippen LogP contribution is -2.26. The molecule has 0 atom stereocenters. The first-order valence-electron chi connectivity index (χ1n) is 10.4. The van der Waals surface area contributed by atoms with Gasteiger partial charge in [-0.3, -0.25) is 14.2 Å². The molecule has 0 saturated carbocycles. The van der Waals surface area contributed by atoms with Crippen molar-refractivity contribution in [3.63, 3.8) is 0 Å². The molecule has 8 heteroatoms. The molecule has 1 amide bonds. The minimum Gasteiger partial charge on any atom is -0.497 e. The van der Waals surface area contributed by atoms with E-state index in [4.69, 9.17) is 14.5 Å². The van der Waals surface area contributed by atoms with Crippen LogP contribution in [0.1, 0.15) is 45.9 Å². The van der Waals surface area contributed by atoms with Gasteiger partial charge in [0.15, 0.2) is 0 Å². The third-order valence-electron chi connectivity index (χ3n) is 5.85. The number of hydrogen-bond donors (Lipinski definition) is 0. The van der Waals surface area contributed by atoms with E-state index in [9.17, 15) is 9.59 Å². The van der Waals surface area contributed by atoms with Gasteiger partial charge in [-0.2, -0.15) is 0 Å². The van der Waals surface area contributed by atoms with Crippen molar-refractivity contribution >= 4 is 27.5 Å². The number of ether oxygens (including phenoxy) is 2. The number of fused-ring (bicyclic) bond motifs is 2. The third-order valence-corrected chi connectivity index (χ3v) is 7.03. The number of methoxy groups -OCH3 is 2. The molecule has 0 saturated heterocycles. The minimum absolute atomic E-state index is 0.0193. The van der Waals surface area contributed by atoms with Gasteiger partial charge in [0.25, 0.3) is 11.5 Å². The summed E-state index contributed by atoms with van der Waals surface area (Å²) in [5.74, 6) is 2.07. The van der Waals surface area contributed by atoms with Crippen LogP contribution in [0, 0.1) is 6.92 Å². The van der Waals surface area contributed by atoms with Gasteiger partial charge in [0, 0.05) is 38.2 Å². The van der Waals surface area contributed by atoms with Gasteiger partial charge in [0.2, 0.25) is 0 Å². The van der Waals surface area contributed by atoms with Crippen LogP contribution in [0.15, 0.2) is 23.0 Å². The van der Waals surface area contributed by atoms with E-state index in [1.807, 2.05) is 19.1 Å². The molecule has 1 aliphatic rings. The average Bonchev–Trinajstić information content (AvgIpc) is 2.94. The molecule has 164 valence electrons. The van der Waals surface area contributed by atoms with Crippen molar-refractivity contribution in [2.75, 3.05) is 21.3 Å². The Morgan fingerprint density at radius 3 is 2.77 bits per heavy atom. The molecule has 2 aromatic heterocycles. The van der Waals surface area contributed by atoms with E-state index < -0.39 is 0 Å². The van der Waals surface area contributed by atoms with Crippen molar-refractivity contribution in [1.29, 1.82) is 0 Å². The Balaban J connectivity index is 1.67. The van der Waals surface area contributed by atoms with Gasteiger partial charge in [-0.15, -0.1) is 11.3 Å². The first-order chi connectivity index (χ1) is 14.9. The van der Waals surface area contributed by atoms with Gasteiger partial charge in [0.1, 0.15) is 22.2 Å². The van der Waals surface area contributed by atoms with E-state index in [1.165, 1.54) is 11.3 Å². The molecule has 0 spiro atoms.